The Labute approximate surface area is 147 Å². The van der Waals surface area contributed by atoms with Crippen molar-refractivity contribution in [3.8, 4) is 0 Å². The Balaban J connectivity index is 0.00000156. The molecule has 1 aromatic rings. The highest BCUT2D eigenvalue weighted by molar-refractivity contribution is 7.10. The molecule has 2 saturated carbocycles. The summed E-state index contributed by atoms with van der Waals surface area (Å²) in [5, 5.41) is 8.89. The van der Waals surface area contributed by atoms with E-state index in [0.29, 0.717) is 12.0 Å². The van der Waals surface area contributed by atoms with E-state index in [1.165, 1.54) is 30.6 Å². The number of nitrogens with one attached hydrogen (secondary N) is 2. The van der Waals surface area contributed by atoms with E-state index in [1.54, 1.807) is 11.3 Å². The van der Waals surface area contributed by atoms with Crippen molar-refractivity contribution in [2.45, 2.75) is 62.6 Å². The summed E-state index contributed by atoms with van der Waals surface area (Å²) in [5.74, 6) is 0.716. The minimum absolute atomic E-state index is 0. The molecular formula is C17H25ClN2O2S. The molecule has 2 heterocycles. The fourth-order valence-corrected chi connectivity index (χ4v) is 4.42. The normalized spacial score (nSPS) is 27.8. The SMILES string of the molecule is Cl.O=C(NC1CCOCC1)c1csc(C2C[C@@H]2NC2CCC2)c1. The van der Waals surface area contributed by atoms with Crippen LogP contribution in [0.5, 0.6) is 0 Å². The smallest absolute Gasteiger partial charge is 0.252 e. The molecule has 1 aromatic heterocycles. The average Bonchev–Trinajstić information content (AvgIpc) is 3.08. The molecule has 128 valence electrons. The standard InChI is InChI=1S/C17H24N2O2S.ClH/c20-17(19-13-4-6-21-7-5-13)11-8-16(22-10-11)14-9-15(14)18-12-2-1-3-12;/h8,10,12-15,18H,1-7,9H2,(H,19,20);1H/t14?,15-;/m0./s1. The Morgan fingerprint density at radius 2 is 1.96 bits per heavy atom. The van der Waals surface area contributed by atoms with Gasteiger partial charge in [0.05, 0.1) is 5.56 Å². The van der Waals surface area contributed by atoms with Gasteiger partial charge in [0, 0.05) is 47.5 Å². The van der Waals surface area contributed by atoms with Gasteiger partial charge in [-0.1, -0.05) is 6.42 Å². The van der Waals surface area contributed by atoms with E-state index in [9.17, 15) is 4.79 Å². The van der Waals surface area contributed by atoms with E-state index in [1.807, 2.05) is 5.38 Å². The molecule has 1 aliphatic heterocycles. The van der Waals surface area contributed by atoms with Crippen LogP contribution in [-0.4, -0.2) is 37.2 Å². The van der Waals surface area contributed by atoms with Crippen LogP contribution in [0, 0.1) is 0 Å². The van der Waals surface area contributed by atoms with Gasteiger partial charge < -0.3 is 15.4 Å². The first kappa shape index (κ1) is 17.2. The number of hydrogen-bond donors (Lipinski definition) is 2. The number of ether oxygens (including phenoxy) is 1. The first-order valence-electron chi connectivity index (χ1n) is 8.52. The van der Waals surface area contributed by atoms with E-state index in [4.69, 9.17) is 4.74 Å². The van der Waals surface area contributed by atoms with Gasteiger partial charge in [0.1, 0.15) is 0 Å². The predicted octanol–water partition coefficient (Wildman–Crippen LogP) is 3.08. The van der Waals surface area contributed by atoms with Crippen LogP contribution in [0.25, 0.3) is 0 Å². The molecular weight excluding hydrogens is 332 g/mol. The Hall–Kier alpha value is -0.620. The number of hydrogen-bond acceptors (Lipinski definition) is 4. The van der Waals surface area contributed by atoms with Crippen LogP contribution in [0.15, 0.2) is 11.4 Å². The lowest BCUT2D eigenvalue weighted by atomic mass is 9.93. The number of halogens is 1. The lowest BCUT2D eigenvalue weighted by molar-refractivity contribution is 0.0696. The van der Waals surface area contributed by atoms with Crippen molar-refractivity contribution in [2.24, 2.45) is 0 Å². The fourth-order valence-electron chi connectivity index (χ4n) is 3.35. The maximum absolute atomic E-state index is 12.3. The molecule has 4 nitrogen and oxygen atoms in total. The summed E-state index contributed by atoms with van der Waals surface area (Å²) >= 11 is 1.74. The molecule has 0 radical (unpaired) electrons. The van der Waals surface area contributed by atoms with Gasteiger partial charge in [-0.25, -0.2) is 0 Å². The molecule has 6 heteroatoms. The number of carbonyl (C=O) groups is 1. The van der Waals surface area contributed by atoms with Crippen LogP contribution in [0.3, 0.4) is 0 Å². The first-order chi connectivity index (χ1) is 10.8. The molecule has 2 aliphatic carbocycles. The number of carbonyl (C=O) groups excluding carboxylic acids is 1. The highest BCUT2D eigenvalue weighted by Crippen LogP contribution is 2.44. The average molecular weight is 357 g/mol. The maximum Gasteiger partial charge on any atom is 0.252 e. The fraction of sp³-hybridized carbons (Fsp3) is 0.706. The molecule has 1 amide bonds. The van der Waals surface area contributed by atoms with Crippen LogP contribution in [0.4, 0.5) is 0 Å². The molecule has 0 bridgehead atoms. The summed E-state index contributed by atoms with van der Waals surface area (Å²) in [7, 11) is 0. The minimum Gasteiger partial charge on any atom is -0.381 e. The van der Waals surface area contributed by atoms with Gasteiger partial charge in [0.2, 0.25) is 0 Å². The predicted molar refractivity (Wildman–Crippen MR) is 94.8 cm³/mol. The summed E-state index contributed by atoms with van der Waals surface area (Å²) < 4.78 is 5.33. The molecule has 4 rings (SSSR count). The molecule has 23 heavy (non-hydrogen) atoms. The molecule has 1 unspecified atom stereocenters. The van der Waals surface area contributed by atoms with Crippen LogP contribution in [-0.2, 0) is 4.74 Å². The zero-order valence-electron chi connectivity index (χ0n) is 13.3. The van der Waals surface area contributed by atoms with Crippen LogP contribution in [0.2, 0.25) is 0 Å². The topological polar surface area (TPSA) is 50.4 Å². The summed E-state index contributed by atoms with van der Waals surface area (Å²) in [6.07, 6.45) is 7.15. The van der Waals surface area contributed by atoms with Gasteiger partial charge in [-0.15, -0.1) is 23.7 Å². The van der Waals surface area contributed by atoms with Gasteiger partial charge in [-0.3, -0.25) is 4.79 Å². The second-order valence-corrected chi connectivity index (χ2v) is 7.78. The van der Waals surface area contributed by atoms with Gasteiger partial charge in [0.15, 0.2) is 0 Å². The quantitative estimate of drug-likeness (QED) is 0.852. The lowest BCUT2D eigenvalue weighted by Crippen LogP contribution is -2.38. The summed E-state index contributed by atoms with van der Waals surface area (Å²) in [6.45, 7) is 1.52. The molecule has 3 fully saturated rings. The van der Waals surface area contributed by atoms with Crippen molar-refractivity contribution in [3.05, 3.63) is 21.9 Å². The summed E-state index contributed by atoms with van der Waals surface area (Å²) in [5.41, 5.74) is 0.834. The van der Waals surface area contributed by atoms with E-state index in [2.05, 4.69) is 16.7 Å². The number of thiophene rings is 1. The lowest BCUT2D eigenvalue weighted by Gasteiger charge is -2.26. The van der Waals surface area contributed by atoms with Crippen molar-refractivity contribution in [2.75, 3.05) is 13.2 Å². The molecule has 2 atom stereocenters. The Morgan fingerprint density at radius 3 is 2.65 bits per heavy atom. The number of amides is 1. The van der Waals surface area contributed by atoms with Gasteiger partial charge in [-0.2, -0.15) is 0 Å². The third kappa shape index (κ3) is 4.08. The van der Waals surface area contributed by atoms with Crippen LogP contribution < -0.4 is 10.6 Å². The first-order valence-corrected chi connectivity index (χ1v) is 9.40. The number of rotatable bonds is 5. The Bertz CT molecular complexity index is 540. The summed E-state index contributed by atoms with van der Waals surface area (Å²) in [4.78, 5) is 13.7. The van der Waals surface area contributed by atoms with Crippen LogP contribution >= 0.6 is 23.7 Å². The Kier molecular flexibility index (Phi) is 5.62. The second-order valence-electron chi connectivity index (χ2n) is 6.84. The van der Waals surface area contributed by atoms with E-state index < -0.39 is 0 Å². The van der Waals surface area contributed by atoms with Crippen molar-refractivity contribution < 1.29 is 9.53 Å². The highest BCUT2D eigenvalue weighted by atomic mass is 35.5. The van der Waals surface area contributed by atoms with E-state index >= 15 is 0 Å². The zero-order valence-corrected chi connectivity index (χ0v) is 14.9. The van der Waals surface area contributed by atoms with Crippen molar-refractivity contribution in [3.63, 3.8) is 0 Å². The van der Waals surface area contributed by atoms with Gasteiger partial charge in [0.25, 0.3) is 5.91 Å². The third-order valence-corrected chi connectivity index (χ3v) is 6.21. The van der Waals surface area contributed by atoms with Crippen LogP contribution in [0.1, 0.15) is 59.7 Å². The largest absolute Gasteiger partial charge is 0.381 e. The van der Waals surface area contributed by atoms with Crippen molar-refractivity contribution in [1.82, 2.24) is 10.6 Å². The molecule has 0 spiro atoms. The Morgan fingerprint density at radius 1 is 1.17 bits per heavy atom. The molecule has 2 N–H and O–H groups in total. The van der Waals surface area contributed by atoms with Gasteiger partial charge in [-0.05, 0) is 38.2 Å². The molecule has 1 saturated heterocycles. The molecule has 3 aliphatic rings. The van der Waals surface area contributed by atoms with E-state index in [0.717, 1.165) is 37.7 Å². The van der Waals surface area contributed by atoms with Crippen molar-refractivity contribution in [1.29, 1.82) is 0 Å². The highest BCUT2D eigenvalue weighted by Gasteiger charge is 2.41. The molecule has 0 aromatic carbocycles. The maximum atomic E-state index is 12.3. The monoisotopic (exact) mass is 356 g/mol. The summed E-state index contributed by atoms with van der Waals surface area (Å²) in [6, 6.07) is 3.78. The van der Waals surface area contributed by atoms with E-state index in [-0.39, 0.29) is 24.4 Å². The van der Waals surface area contributed by atoms with Gasteiger partial charge >= 0.3 is 0 Å². The third-order valence-electron chi connectivity index (χ3n) is 5.15. The second kappa shape index (κ2) is 7.51. The zero-order chi connectivity index (χ0) is 14.9. The van der Waals surface area contributed by atoms with Crippen molar-refractivity contribution >= 4 is 29.7 Å². The minimum atomic E-state index is 0.